The quantitative estimate of drug-likeness (QED) is 0.379. The molecule has 2 bridgehead atoms. The summed E-state index contributed by atoms with van der Waals surface area (Å²) in [5.41, 5.74) is 1.08. The lowest BCUT2D eigenvalue weighted by Crippen LogP contribution is -2.32. The SMILES string of the molecule is O=C(Oc1ccc(N2C(=O)[C@@H]3[C@H]4CC[C@@H](C4)[C@@H]3C2=O)cc1)[C@@H]1CC(=O)N(c2ccccc2Cl)C1. The zero-order valence-corrected chi connectivity index (χ0v) is 19.1. The Hall–Kier alpha value is -3.19. The molecular weight excluding hydrogens is 456 g/mol. The maximum Gasteiger partial charge on any atom is 0.316 e. The van der Waals surface area contributed by atoms with Crippen molar-refractivity contribution in [1.29, 1.82) is 0 Å². The van der Waals surface area contributed by atoms with E-state index in [-0.39, 0.29) is 42.5 Å². The van der Waals surface area contributed by atoms with Crippen molar-refractivity contribution in [3.63, 3.8) is 0 Å². The first kappa shape index (κ1) is 21.4. The van der Waals surface area contributed by atoms with Crippen molar-refractivity contribution in [3.8, 4) is 5.75 Å². The lowest BCUT2D eigenvalue weighted by molar-refractivity contribution is -0.139. The number of amides is 3. The highest BCUT2D eigenvalue weighted by atomic mass is 35.5. The molecule has 174 valence electrons. The lowest BCUT2D eigenvalue weighted by Gasteiger charge is -2.19. The van der Waals surface area contributed by atoms with Crippen LogP contribution in [0.15, 0.2) is 48.5 Å². The summed E-state index contributed by atoms with van der Waals surface area (Å²) in [6, 6.07) is 13.4. The van der Waals surface area contributed by atoms with Crippen molar-refractivity contribution in [1.82, 2.24) is 0 Å². The van der Waals surface area contributed by atoms with Crippen LogP contribution in [0.4, 0.5) is 11.4 Å². The van der Waals surface area contributed by atoms with Gasteiger partial charge in [-0.15, -0.1) is 0 Å². The number of ether oxygens (including phenoxy) is 1. The summed E-state index contributed by atoms with van der Waals surface area (Å²) in [6.45, 7) is 0.196. The molecule has 4 fully saturated rings. The van der Waals surface area contributed by atoms with E-state index in [9.17, 15) is 19.2 Å². The number of halogens is 1. The molecule has 34 heavy (non-hydrogen) atoms. The van der Waals surface area contributed by atoms with Crippen LogP contribution in [0.3, 0.4) is 0 Å². The Morgan fingerprint density at radius 1 is 0.912 bits per heavy atom. The van der Waals surface area contributed by atoms with Gasteiger partial charge in [0.15, 0.2) is 0 Å². The number of anilines is 2. The molecule has 0 aromatic heterocycles. The van der Waals surface area contributed by atoms with E-state index in [0.717, 1.165) is 19.3 Å². The van der Waals surface area contributed by atoms with E-state index in [0.29, 0.717) is 34.0 Å². The monoisotopic (exact) mass is 478 g/mol. The first-order chi connectivity index (χ1) is 16.4. The van der Waals surface area contributed by atoms with Crippen molar-refractivity contribution >= 4 is 46.7 Å². The fourth-order valence-corrected chi connectivity index (χ4v) is 6.53. The highest BCUT2D eigenvalue weighted by molar-refractivity contribution is 6.34. The second-order valence-corrected chi connectivity index (χ2v) is 10.1. The van der Waals surface area contributed by atoms with Gasteiger partial charge in [0, 0.05) is 13.0 Å². The average Bonchev–Trinajstić information content (AvgIpc) is 3.59. The van der Waals surface area contributed by atoms with E-state index in [1.807, 2.05) is 0 Å². The van der Waals surface area contributed by atoms with Crippen LogP contribution in [0.25, 0.3) is 0 Å². The summed E-state index contributed by atoms with van der Waals surface area (Å²) in [6.07, 6.45) is 3.10. The van der Waals surface area contributed by atoms with Crippen LogP contribution in [0, 0.1) is 29.6 Å². The Morgan fingerprint density at radius 3 is 2.21 bits per heavy atom. The Labute approximate surface area is 201 Å². The summed E-state index contributed by atoms with van der Waals surface area (Å²) in [4.78, 5) is 54.0. The largest absolute Gasteiger partial charge is 0.426 e. The summed E-state index contributed by atoms with van der Waals surface area (Å²) in [7, 11) is 0. The molecule has 2 aromatic rings. The fourth-order valence-electron chi connectivity index (χ4n) is 6.29. The van der Waals surface area contributed by atoms with Gasteiger partial charge in [-0.25, -0.2) is 0 Å². The molecule has 6 rings (SSSR count). The molecule has 2 aliphatic carbocycles. The molecule has 2 saturated heterocycles. The van der Waals surface area contributed by atoms with Gasteiger partial charge in [0.05, 0.1) is 34.2 Å². The Bertz CT molecular complexity index is 1180. The Balaban J connectivity index is 1.13. The Kier molecular flexibility index (Phi) is 4.99. The minimum atomic E-state index is -0.611. The molecule has 0 spiro atoms. The Morgan fingerprint density at radius 2 is 1.56 bits per heavy atom. The van der Waals surface area contributed by atoms with Gasteiger partial charge in [-0.05, 0) is 67.5 Å². The molecule has 2 aromatic carbocycles. The molecule has 2 heterocycles. The second kappa shape index (κ2) is 7.94. The van der Waals surface area contributed by atoms with Gasteiger partial charge in [-0.2, -0.15) is 0 Å². The number of rotatable bonds is 4. The topological polar surface area (TPSA) is 84.0 Å². The normalized spacial score (nSPS) is 29.8. The predicted octanol–water partition coefficient (Wildman–Crippen LogP) is 3.83. The predicted molar refractivity (Wildman–Crippen MR) is 124 cm³/mol. The maximum atomic E-state index is 13.0. The number of nitrogens with zero attached hydrogens (tertiary/aromatic N) is 2. The maximum absolute atomic E-state index is 13.0. The molecular formula is C26H23ClN2O5. The van der Waals surface area contributed by atoms with Gasteiger partial charge in [-0.1, -0.05) is 23.7 Å². The zero-order valence-electron chi connectivity index (χ0n) is 18.4. The highest BCUT2D eigenvalue weighted by Gasteiger charge is 2.61. The van der Waals surface area contributed by atoms with Gasteiger partial charge in [0.25, 0.3) is 0 Å². The third-order valence-corrected chi connectivity index (χ3v) is 8.16. The fraction of sp³-hybridized carbons (Fsp3) is 0.385. The molecule has 3 amide bonds. The molecule has 8 heteroatoms. The number of hydrogen-bond donors (Lipinski definition) is 0. The number of carbonyl (C=O) groups is 4. The average molecular weight is 479 g/mol. The minimum absolute atomic E-state index is 0.0457. The van der Waals surface area contributed by atoms with Gasteiger partial charge >= 0.3 is 5.97 Å². The molecule has 2 aliphatic heterocycles. The third-order valence-electron chi connectivity index (χ3n) is 7.84. The number of esters is 1. The van der Waals surface area contributed by atoms with Gasteiger partial charge in [-0.3, -0.25) is 24.1 Å². The number of hydrogen-bond acceptors (Lipinski definition) is 5. The molecule has 0 unspecified atom stereocenters. The van der Waals surface area contributed by atoms with Crippen LogP contribution in [0.2, 0.25) is 5.02 Å². The first-order valence-corrected chi connectivity index (χ1v) is 12.0. The number of fused-ring (bicyclic) bond motifs is 5. The van der Waals surface area contributed by atoms with Crippen LogP contribution in [0.1, 0.15) is 25.7 Å². The van der Waals surface area contributed by atoms with E-state index in [1.165, 1.54) is 9.80 Å². The standard InChI is InChI=1S/C26H23ClN2O5/c27-19-3-1-2-4-20(19)28-13-16(12-21(28)30)26(33)34-18-9-7-17(8-10-18)29-24(31)22-14-5-6-15(11-14)23(22)25(29)32/h1-4,7-10,14-16,22-23H,5-6,11-13H2/t14-,15-,16+,22-,23+/m0/s1. The summed E-state index contributed by atoms with van der Waals surface area (Å²) in [5.74, 6) is -0.892. The first-order valence-electron chi connectivity index (χ1n) is 11.7. The molecule has 5 atom stereocenters. The van der Waals surface area contributed by atoms with E-state index in [4.69, 9.17) is 16.3 Å². The summed E-state index contributed by atoms with van der Waals surface area (Å²) in [5, 5.41) is 0.448. The molecule has 7 nitrogen and oxygen atoms in total. The van der Waals surface area contributed by atoms with E-state index < -0.39 is 11.9 Å². The van der Waals surface area contributed by atoms with Crippen molar-refractivity contribution in [2.45, 2.75) is 25.7 Å². The van der Waals surface area contributed by atoms with Gasteiger partial charge in [0.2, 0.25) is 17.7 Å². The molecule has 0 radical (unpaired) electrons. The minimum Gasteiger partial charge on any atom is -0.426 e. The van der Waals surface area contributed by atoms with Crippen LogP contribution in [-0.4, -0.2) is 30.2 Å². The number of imide groups is 1. The number of carbonyl (C=O) groups excluding carboxylic acids is 4. The van der Waals surface area contributed by atoms with Gasteiger partial charge in [0.1, 0.15) is 5.75 Å². The molecule has 2 saturated carbocycles. The van der Waals surface area contributed by atoms with Crippen molar-refractivity contribution in [2.75, 3.05) is 16.3 Å². The third kappa shape index (κ3) is 3.25. The molecule has 0 N–H and O–H groups in total. The van der Waals surface area contributed by atoms with E-state index >= 15 is 0 Å². The highest BCUT2D eigenvalue weighted by Crippen LogP contribution is 2.56. The number of para-hydroxylation sites is 1. The molecule has 4 aliphatic rings. The van der Waals surface area contributed by atoms with E-state index in [2.05, 4.69) is 0 Å². The number of benzene rings is 2. The lowest BCUT2D eigenvalue weighted by atomic mass is 9.81. The second-order valence-electron chi connectivity index (χ2n) is 9.67. The smallest absolute Gasteiger partial charge is 0.316 e. The van der Waals surface area contributed by atoms with Crippen molar-refractivity contribution in [2.24, 2.45) is 29.6 Å². The van der Waals surface area contributed by atoms with Crippen molar-refractivity contribution in [3.05, 3.63) is 53.6 Å². The van der Waals surface area contributed by atoms with E-state index in [1.54, 1.807) is 48.5 Å². The van der Waals surface area contributed by atoms with Crippen LogP contribution < -0.4 is 14.5 Å². The summed E-state index contributed by atoms with van der Waals surface area (Å²) >= 11 is 6.20. The summed E-state index contributed by atoms with van der Waals surface area (Å²) < 4.78 is 5.51. The van der Waals surface area contributed by atoms with Crippen LogP contribution in [-0.2, 0) is 19.2 Å². The zero-order chi connectivity index (χ0) is 23.6. The van der Waals surface area contributed by atoms with Crippen LogP contribution in [0.5, 0.6) is 5.75 Å². The van der Waals surface area contributed by atoms with Crippen molar-refractivity contribution < 1.29 is 23.9 Å². The van der Waals surface area contributed by atoms with Gasteiger partial charge < -0.3 is 9.64 Å². The van der Waals surface area contributed by atoms with Crippen LogP contribution >= 0.6 is 11.6 Å².